The molecular weight excluding hydrogens is 518 g/mol. The molecule has 3 fully saturated rings. The second-order valence-corrected chi connectivity index (χ2v) is 12.9. The summed E-state index contributed by atoms with van der Waals surface area (Å²) in [5.41, 5.74) is 2.23. The molecule has 10 heteroatoms. The highest BCUT2D eigenvalue weighted by molar-refractivity contribution is 7.89. The number of carbonyl (C=O) groups excluding carboxylic acids is 1. The number of benzene rings is 2. The molecule has 212 valence electrons. The number of amides is 1. The van der Waals surface area contributed by atoms with Crippen LogP contribution in [0.15, 0.2) is 59.5 Å². The zero-order chi connectivity index (χ0) is 27.4. The zero-order valence-electron chi connectivity index (χ0n) is 22.4. The molecular formula is C29H39N3O6S. The average molecular weight is 558 g/mol. The maximum Gasteiger partial charge on any atom is 0.243 e. The van der Waals surface area contributed by atoms with E-state index in [4.69, 9.17) is 9.47 Å². The summed E-state index contributed by atoms with van der Waals surface area (Å²) in [4.78, 5) is 15.5. The first kappa shape index (κ1) is 28.2. The van der Waals surface area contributed by atoms with Gasteiger partial charge < -0.3 is 19.9 Å². The van der Waals surface area contributed by atoms with Crippen LogP contribution in [0.4, 0.5) is 0 Å². The maximum atomic E-state index is 13.6. The summed E-state index contributed by atoms with van der Waals surface area (Å²) >= 11 is 0. The molecule has 3 heterocycles. The Morgan fingerprint density at radius 1 is 1.03 bits per heavy atom. The molecule has 0 radical (unpaired) electrons. The van der Waals surface area contributed by atoms with E-state index in [1.165, 1.54) is 9.87 Å². The monoisotopic (exact) mass is 557 g/mol. The maximum absolute atomic E-state index is 13.6. The molecule has 1 amide bonds. The second kappa shape index (κ2) is 12.4. The minimum absolute atomic E-state index is 0.0266. The van der Waals surface area contributed by atoms with E-state index >= 15 is 0 Å². The number of aliphatic hydroxyl groups is 1. The zero-order valence-corrected chi connectivity index (χ0v) is 23.3. The minimum atomic E-state index is -3.85. The van der Waals surface area contributed by atoms with Crippen molar-refractivity contribution in [2.24, 2.45) is 0 Å². The number of ether oxygens (including phenoxy) is 2. The Morgan fingerprint density at radius 3 is 2.56 bits per heavy atom. The molecule has 39 heavy (non-hydrogen) atoms. The lowest BCUT2D eigenvalue weighted by Crippen LogP contribution is -2.57. The number of aryl methyl sites for hydroxylation is 1. The van der Waals surface area contributed by atoms with Crippen molar-refractivity contribution in [3.63, 3.8) is 0 Å². The summed E-state index contributed by atoms with van der Waals surface area (Å²) in [5, 5.41) is 13.6. The van der Waals surface area contributed by atoms with Crippen molar-refractivity contribution in [2.45, 2.75) is 74.4 Å². The third kappa shape index (κ3) is 7.06. The fourth-order valence-electron chi connectivity index (χ4n) is 5.85. The van der Waals surface area contributed by atoms with Crippen LogP contribution >= 0.6 is 0 Å². The number of nitrogens with zero attached hydrogens (tertiary/aromatic N) is 2. The van der Waals surface area contributed by atoms with Crippen molar-refractivity contribution in [1.29, 1.82) is 0 Å². The summed E-state index contributed by atoms with van der Waals surface area (Å²) in [6.07, 6.45) is 0.459. The average Bonchev–Trinajstić information content (AvgIpc) is 3.33. The third-order valence-electron chi connectivity index (χ3n) is 7.86. The Morgan fingerprint density at radius 2 is 1.79 bits per heavy atom. The highest BCUT2D eigenvalue weighted by Crippen LogP contribution is 2.31. The number of carbonyl (C=O) groups is 1. The molecule has 0 saturated carbocycles. The van der Waals surface area contributed by atoms with Crippen LogP contribution in [-0.2, 0) is 30.8 Å². The predicted molar refractivity (Wildman–Crippen MR) is 146 cm³/mol. The Labute approximate surface area is 231 Å². The van der Waals surface area contributed by atoms with Gasteiger partial charge in [-0.05, 0) is 43.9 Å². The number of sulfonamides is 1. The van der Waals surface area contributed by atoms with Crippen LogP contribution in [0.1, 0.15) is 36.8 Å². The molecule has 3 aliphatic rings. The van der Waals surface area contributed by atoms with Crippen LogP contribution in [0.25, 0.3) is 0 Å². The fraction of sp³-hybridized carbons (Fsp3) is 0.552. The van der Waals surface area contributed by atoms with Gasteiger partial charge >= 0.3 is 0 Å². The van der Waals surface area contributed by atoms with Crippen LogP contribution in [-0.4, -0.2) is 91.9 Å². The molecule has 0 bridgehead atoms. The van der Waals surface area contributed by atoms with Crippen LogP contribution < -0.4 is 5.32 Å². The lowest BCUT2D eigenvalue weighted by Gasteiger charge is -2.43. The van der Waals surface area contributed by atoms with Gasteiger partial charge in [-0.25, -0.2) is 8.42 Å². The number of hydrogen-bond donors (Lipinski definition) is 2. The highest BCUT2D eigenvalue weighted by Gasteiger charge is 2.43. The van der Waals surface area contributed by atoms with E-state index in [9.17, 15) is 18.3 Å². The number of rotatable bonds is 7. The first-order chi connectivity index (χ1) is 18.8. The number of β-amino-alcohol motifs (C(OH)–C–C–N with tert-alkyl or cyclic N) is 1. The van der Waals surface area contributed by atoms with Crippen LogP contribution in [0.5, 0.6) is 0 Å². The van der Waals surface area contributed by atoms with E-state index in [0.717, 1.165) is 31.6 Å². The lowest BCUT2D eigenvalue weighted by atomic mass is 9.96. The van der Waals surface area contributed by atoms with Crippen molar-refractivity contribution in [3.05, 3.63) is 65.7 Å². The van der Waals surface area contributed by atoms with E-state index in [0.29, 0.717) is 12.8 Å². The van der Waals surface area contributed by atoms with Crippen molar-refractivity contribution in [1.82, 2.24) is 14.5 Å². The molecule has 2 aromatic carbocycles. The van der Waals surface area contributed by atoms with E-state index in [1.807, 2.05) is 25.1 Å². The van der Waals surface area contributed by atoms with Gasteiger partial charge in [0.15, 0.2) is 0 Å². The highest BCUT2D eigenvalue weighted by atomic mass is 32.2. The first-order valence-corrected chi connectivity index (χ1v) is 15.3. The number of hydrogen-bond acceptors (Lipinski definition) is 7. The van der Waals surface area contributed by atoms with E-state index in [2.05, 4.69) is 22.3 Å². The number of fused-ring (bicyclic) bond motifs is 1. The Balaban J connectivity index is 1.18. The summed E-state index contributed by atoms with van der Waals surface area (Å²) in [7, 11) is -3.85. The number of aliphatic hydroxyl groups excluding tert-OH is 1. The summed E-state index contributed by atoms with van der Waals surface area (Å²) < 4.78 is 40.5. The third-order valence-corrected chi connectivity index (χ3v) is 9.77. The number of likely N-dealkylation sites (tertiary alicyclic amines) is 1. The minimum Gasteiger partial charge on any atom is -0.389 e. The smallest absolute Gasteiger partial charge is 0.243 e. The molecule has 5 rings (SSSR count). The second-order valence-electron chi connectivity index (χ2n) is 11.0. The number of nitrogens with one attached hydrogen (secondary N) is 1. The van der Waals surface area contributed by atoms with Gasteiger partial charge in [0.2, 0.25) is 15.9 Å². The van der Waals surface area contributed by atoms with Crippen molar-refractivity contribution in [2.75, 3.05) is 32.8 Å². The van der Waals surface area contributed by atoms with Gasteiger partial charge in [-0.2, -0.15) is 4.31 Å². The SMILES string of the molecule is Cc1ccc(S(=O)(=O)N2C[C@@H](O)COC[C@H]3O[C@H](CC(=O)N[C@@H]4CCN(Cc5ccccc5)C4)CC[C@@H]32)cc1. The van der Waals surface area contributed by atoms with Gasteiger partial charge in [0, 0.05) is 32.2 Å². The predicted octanol–water partition coefficient (Wildman–Crippen LogP) is 2.07. The van der Waals surface area contributed by atoms with Crippen molar-refractivity contribution in [3.8, 4) is 0 Å². The van der Waals surface area contributed by atoms with Crippen molar-refractivity contribution < 1.29 is 27.8 Å². The first-order valence-electron chi connectivity index (χ1n) is 13.8. The fourth-order valence-corrected chi connectivity index (χ4v) is 7.56. The summed E-state index contributed by atoms with van der Waals surface area (Å²) in [5.74, 6) is -0.0451. The molecule has 0 aromatic heterocycles. The van der Waals surface area contributed by atoms with Crippen LogP contribution in [0, 0.1) is 6.92 Å². The Kier molecular flexibility index (Phi) is 9.00. The Hall–Kier alpha value is -2.34. The molecule has 9 nitrogen and oxygen atoms in total. The van der Waals surface area contributed by atoms with Gasteiger partial charge in [0.05, 0.1) is 48.9 Å². The quantitative estimate of drug-likeness (QED) is 0.537. The van der Waals surface area contributed by atoms with E-state index in [-0.39, 0.29) is 49.1 Å². The van der Waals surface area contributed by atoms with Gasteiger partial charge in [-0.15, -0.1) is 0 Å². The molecule has 0 spiro atoms. The van der Waals surface area contributed by atoms with Gasteiger partial charge in [-0.3, -0.25) is 9.69 Å². The molecule has 3 aliphatic heterocycles. The van der Waals surface area contributed by atoms with E-state index < -0.39 is 28.3 Å². The van der Waals surface area contributed by atoms with Crippen LogP contribution in [0.2, 0.25) is 0 Å². The lowest BCUT2D eigenvalue weighted by molar-refractivity contribution is -0.146. The largest absolute Gasteiger partial charge is 0.389 e. The summed E-state index contributed by atoms with van der Waals surface area (Å²) in [6, 6.07) is 16.7. The Bertz CT molecular complexity index is 1210. The van der Waals surface area contributed by atoms with Gasteiger partial charge in [0.25, 0.3) is 0 Å². The molecule has 0 aliphatic carbocycles. The van der Waals surface area contributed by atoms with Gasteiger partial charge in [0.1, 0.15) is 0 Å². The normalized spacial score (nSPS) is 28.8. The van der Waals surface area contributed by atoms with Gasteiger partial charge in [-0.1, -0.05) is 48.0 Å². The topological polar surface area (TPSA) is 108 Å². The van der Waals surface area contributed by atoms with Crippen LogP contribution in [0.3, 0.4) is 0 Å². The molecule has 5 atom stereocenters. The standard InChI is InChI=1S/C29H39N3O6S/c1-21-7-10-26(11-8-21)39(35,36)32-18-24(33)19-37-20-28-27(32)12-9-25(38-28)15-29(34)30-23-13-14-31(17-23)16-22-5-3-2-4-6-22/h2-8,10-11,23-25,27-28,33H,9,12-20H2,1H3,(H,30,34)/t23-,24-,25+,27+,28-/m1/s1. The molecule has 2 N–H and O–H groups in total. The summed E-state index contributed by atoms with van der Waals surface area (Å²) in [6.45, 7) is 4.67. The van der Waals surface area contributed by atoms with Crippen molar-refractivity contribution >= 4 is 15.9 Å². The molecule has 2 aromatic rings. The molecule has 0 unspecified atom stereocenters. The van der Waals surface area contributed by atoms with E-state index in [1.54, 1.807) is 24.3 Å². The molecule has 3 saturated heterocycles.